The van der Waals surface area contributed by atoms with Gasteiger partial charge in [0.1, 0.15) is 17.9 Å². The molecule has 1 heterocycles. The first kappa shape index (κ1) is 13.5. The fourth-order valence-corrected chi connectivity index (χ4v) is 3.68. The molecule has 0 aromatic heterocycles. The molecular formula is C12H10FN3O2S. The lowest BCUT2D eigenvalue weighted by Crippen LogP contribution is -2.34. The van der Waals surface area contributed by atoms with Crippen molar-refractivity contribution in [3.63, 3.8) is 0 Å². The highest BCUT2D eigenvalue weighted by Crippen LogP contribution is 2.26. The number of hydrogen-bond donors (Lipinski definition) is 0. The number of hydrogen-bond acceptors (Lipinski definition) is 4. The van der Waals surface area contributed by atoms with Crippen LogP contribution < -0.4 is 0 Å². The van der Waals surface area contributed by atoms with Crippen molar-refractivity contribution in [3.05, 3.63) is 29.6 Å². The number of benzene rings is 1. The molecular weight excluding hydrogens is 269 g/mol. The SMILES string of the molecule is N#Cc1cc(S(=O)(=O)N2CCCC2C#N)ccc1F. The van der Waals surface area contributed by atoms with Crippen LogP contribution in [0, 0.1) is 28.5 Å². The topological polar surface area (TPSA) is 85.0 Å². The third-order valence-corrected chi connectivity index (χ3v) is 4.92. The van der Waals surface area contributed by atoms with Gasteiger partial charge in [-0.2, -0.15) is 14.8 Å². The molecule has 1 unspecified atom stereocenters. The normalized spacial score (nSPS) is 19.8. The Balaban J connectivity index is 2.46. The Bertz CT molecular complexity index is 688. The van der Waals surface area contributed by atoms with Crippen LogP contribution in [0.1, 0.15) is 18.4 Å². The average Bonchev–Trinajstić information content (AvgIpc) is 2.88. The summed E-state index contributed by atoms with van der Waals surface area (Å²) in [5, 5.41) is 17.6. The maximum absolute atomic E-state index is 13.2. The van der Waals surface area contributed by atoms with E-state index in [1.165, 1.54) is 0 Å². The van der Waals surface area contributed by atoms with E-state index >= 15 is 0 Å². The summed E-state index contributed by atoms with van der Waals surface area (Å²) in [4.78, 5) is -0.160. The van der Waals surface area contributed by atoms with Crippen LogP contribution in [0.25, 0.3) is 0 Å². The molecule has 0 amide bonds. The van der Waals surface area contributed by atoms with E-state index in [2.05, 4.69) is 0 Å². The molecule has 1 aliphatic heterocycles. The monoisotopic (exact) mass is 279 g/mol. The third-order valence-electron chi connectivity index (χ3n) is 3.02. The Morgan fingerprint density at radius 1 is 1.37 bits per heavy atom. The minimum absolute atomic E-state index is 0.160. The van der Waals surface area contributed by atoms with Crippen molar-refractivity contribution in [2.24, 2.45) is 0 Å². The maximum atomic E-state index is 13.2. The van der Waals surface area contributed by atoms with Gasteiger partial charge in [-0.3, -0.25) is 0 Å². The van der Waals surface area contributed by atoms with Gasteiger partial charge in [-0.1, -0.05) is 0 Å². The Morgan fingerprint density at radius 3 is 2.74 bits per heavy atom. The molecule has 1 aromatic carbocycles. The van der Waals surface area contributed by atoms with Crippen LogP contribution in [0.5, 0.6) is 0 Å². The minimum atomic E-state index is -3.86. The maximum Gasteiger partial charge on any atom is 0.244 e. The zero-order valence-corrected chi connectivity index (χ0v) is 10.7. The van der Waals surface area contributed by atoms with Crippen LogP contribution in [-0.2, 0) is 10.0 Å². The summed E-state index contributed by atoms with van der Waals surface area (Å²) >= 11 is 0. The van der Waals surface area contributed by atoms with Gasteiger partial charge in [-0.25, -0.2) is 12.8 Å². The Morgan fingerprint density at radius 2 is 2.11 bits per heavy atom. The molecule has 1 aromatic rings. The fraction of sp³-hybridized carbons (Fsp3) is 0.333. The van der Waals surface area contributed by atoms with Crippen molar-refractivity contribution in [2.75, 3.05) is 6.54 Å². The van der Waals surface area contributed by atoms with Crippen LogP contribution in [0.4, 0.5) is 4.39 Å². The van der Waals surface area contributed by atoms with Crippen molar-refractivity contribution in [2.45, 2.75) is 23.8 Å². The van der Waals surface area contributed by atoms with E-state index in [0.717, 1.165) is 22.5 Å². The van der Waals surface area contributed by atoms with Crippen LogP contribution in [0.3, 0.4) is 0 Å². The second-order valence-corrected chi connectivity index (χ2v) is 6.05. The van der Waals surface area contributed by atoms with Crippen LogP contribution in [0.15, 0.2) is 23.1 Å². The standard InChI is InChI=1S/C12H10FN3O2S/c13-12-4-3-11(6-9(12)7-14)19(17,18)16-5-1-2-10(16)8-15/h3-4,6,10H,1-2,5H2. The fourth-order valence-electron chi connectivity index (χ4n) is 2.04. The highest BCUT2D eigenvalue weighted by Gasteiger charge is 2.35. The number of nitriles is 2. The summed E-state index contributed by atoms with van der Waals surface area (Å²) < 4.78 is 38.9. The predicted octanol–water partition coefficient (Wildman–Crippen LogP) is 1.37. The van der Waals surface area contributed by atoms with Gasteiger partial charge in [0.2, 0.25) is 10.0 Å². The second-order valence-electron chi connectivity index (χ2n) is 4.16. The highest BCUT2D eigenvalue weighted by molar-refractivity contribution is 7.89. The van der Waals surface area contributed by atoms with E-state index in [1.54, 1.807) is 6.07 Å². The smallest absolute Gasteiger partial charge is 0.207 e. The van der Waals surface area contributed by atoms with Crippen molar-refractivity contribution >= 4 is 10.0 Å². The molecule has 0 radical (unpaired) electrons. The lowest BCUT2D eigenvalue weighted by Gasteiger charge is -2.19. The first-order valence-electron chi connectivity index (χ1n) is 5.62. The van der Waals surface area contributed by atoms with E-state index in [0.29, 0.717) is 12.8 Å². The molecule has 7 heteroatoms. The van der Waals surface area contributed by atoms with Gasteiger partial charge >= 0.3 is 0 Å². The van der Waals surface area contributed by atoms with E-state index in [1.807, 2.05) is 6.07 Å². The van der Waals surface area contributed by atoms with Gasteiger partial charge in [-0.05, 0) is 31.0 Å². The van der Waals surface area contributed by atoms with E-state index < -0.39 is 21.9 Å². The average molecular weight is 279 g/mol. The molecule has 1 saturated heterocycles. The van der Waals surface area contributed by atoms with Gasteiger partial charge in [0, 0.05) is 6.54 Å². The highest BCUT2D eigenvalue weighted by atomic mass is 32.2. The molecule has 5 nitrogen and oxygen atoms in total. The van der Waals surface area contributed by atoms with Gasteiger partial charge < -0.3 is 0 Å². The van der Waals surface area contributed by atoms with Crippen LogP contribution >= 0.6 is 0 Å². The van der Waals surface area contributed by atoms with Gasteiger partial charge in [0.05, 0.1) is 16.5 Å². The first-order valence-corrected chi connectivity index (χ1v) is 7.06. The largest absolute Gasteiger partial charge is 0.244 e. The van der Waals surface area contributed by atoms with Crippen molar-refractivity contribution in [1.82, 2.24) is 4.31 Å². The summed E-state index contributed by atoms with van der Waals surface area (Å²) in [5.74, 6) is -0.764. The van der Waals surface area contributed by atoms with Crippen molar-refractivity contribution in [3.8, 4) is 12.1 Å². The van der Waals surface area contributed by atoms with E-state index in [4.69, 9.17) is 10.5 Å². The quantitative estimate of drug-likeness (QED) is 0.818. The molecule has 1 atom stereocenters. The number of nitrogens with zero attached hydrogens (tertiary/aromatic N) is 3. The predicted molar refractivity (Wildman–Crippen MR) is 63.6 cm³/mol. The first-order chi connectivity index (χ1) is 9.00. The summed E-state index contributed by atoms with van der Waals surface area (Å²) in [6.45, 7) is 0.264. The Hall–Kier alpha value is -1.96. The van der Waals surface area contributed by atoms with Gasteiger partial charge in [-0.15, -0.1) is 0 Å². The lowest BCUT2D eigenvalue weighted by molar-refractivity contribution is 0.437. The minimum Gasteiger partial charge on any atom is -0.207 e. The molecule has 98 valence electrons. The van der Waals surface area contributed by atoms with Crippen molar-refractivity contribution in [1.29, 1.82) is 10.5 Å². The summed E-state index contributed by atoms with van der Waals surface area (Å²) in [6.07, 6.45) is 1.10. The number of halogens is 1. The Labute approximate surface area is 110 Å². The lowest BCUT2D eigenvalue weighted by atomic mass is 10.2. The number of sulfonamides is 1. The summed E-state index contributed by atoms with van der Waals surface area (Å²) in [5.41, 5.74) is -0.325. The molecule has 0 N–H and O–H groups in total. The summed E-state index contributed by atoms with van der Waals surface area (Å²) in [7, 11) is -3.86. The Kier molecular flexibility index (Phi) is 3.52. The number of rotatable bonds is 2. The van der Waals surface area contributed by atoms with E-state index in [9.17, 15) is 12.8 Å². The van der Waals surface area contributed by atoms with Gasteiger partial charge in [0.15, 0.2) is 0 Å². The molecule has 1 fully saturated rings. The second kappa shape index (κ2) is 4.96. The molecule has 19 heavy (non-hydrogen) atoms. The molecule has 2 rings (SSSR count). The van der Waals surface area contributed by atoms with Gasteiger partial charge in [0.25, 0.3) is 0 Å². The molecule has 0 spiro atoms. The van der Waals surface area contributed by atoms with E-state index in [-0.39, 0.29) is 17.0 Å². The molecule has 0 saturated carbocycles. The molecule has 1 aliphatic rings. The van der Waals surface area contributed by atoms with Crippen molar-refractivity contribution < 1.29 is 12.8 Å². The molecule has 0 aliphatic carbocycles. The van der Waals surface area contributed by atoms with Crippen LogP contribution in [0.2, 0.25) is 0 Å². The third kappa shape index (κ3) is 2.30. The summed E-state index contributed by atoms with van der Waals surface area (Å²) in [6, 6.07) is 5.90. The zero-order valence-electron chi connectivity index (χ0n) is 9.88. The van der Waals surface area contributed by atoms with Crippen LogP contribution in [-0.4, -0.2) is 25.3 Å². The molecule has 0 bridgehead atoms. The zero-order chi connectivity index (χ0) is 14.0.